The van der Waals surface area contributed by atoms with Gasteiger partial charge in [-0.3, -0.25) is 14.4 Å². The van der Waals surface area contributed by atoms with Crippen molar-refractivity contribution in [3.8, 4) is 0 Å². The van der Waals surface area contributed by atoms with E-state index in [2.05, 4.69) is 63.3 Å². The van der Waals surface area contributed by atoms with Crippen LogP contribution in [0.5, 0.6) is 0 Å². The number of ether oxygens (including phenoxy) is 3. The van der Waals surface area contributed by atoms with E-state index in [0.29, 0.717) is 19.3 Å². The summed E-state index contributed by atoms with van der Waals surface area (Å²) in [7, 11) is 0. The lowest BCUT2D eigenvalue weighted by molar-refractivity contribution is -0.166. The third kappa shape index (κ3) is 54.6. The van der Waals surface area contributed by atoms with Crippen LogP contribution in [-0.2, 0) is 28.6 Å². The normalized spacial score (nSPS) is 13.0. The van der Waals surface area contributed by atoms with Crippen molar-refractivity contribution >= 4 is 17.9 Å². The van der Waals surface area contributed by atoms with Gasteiger partial charge in [0, 0.05) is 19.3 Å². The van der Waals surface area contributed by atoms with Gasteiger partial charge in [-0.05, 0) is 83.5 Å². The molecule has 0 fully saturated rings. The first-order valence-corrected chi connectivity index (χ1v) is 28.1. The molecule has 6 heteroatoms. The zero-order valence-electron chi connectivity index (χ0n) is 44.5. The Hall–Kier alpha value is -4.19. The Kier molecular flexibility index (Phi) is 53.0. The van der Waals surface area contributed by atoms with Gasteiger partial charge in [-0.15, -0.1) is 0 Å². The van der Waals surface area contributed by atoms with Crippen LogP contribution in [0.3, 0.4) is 0 Å². The van der Waals surface area contributed by atoms with Gasteiger partial charge >= 0.3 is 17.9 Å². The Morgan fingerprint density at radius 3 is 1.12 bits per heavy atom. The van der Waals surface area contributed by atoms with Gasteiger partial charge in [0.15, 0.2) is 6.10 Å². The number of esters is 3. The first kappa shape index (κ1) is 64.8. The fraction of sp³-hybridized carbons (Fsp3) is 0.635. The molecule has 0 heterocycles. The molecule has 0 aromatic carbocycles. The molecule has 0 rings (SSSR count). The molecule has 0 saturated heterocycles. The van der Waals surface area contributed by atoms with Crippen molar-refractivity contribution in [2.45, 2.75) is 245 Å². The Labute approximate surface area is 424 Å². The molecular weight excluding hydrogens is 853 g/mol. The van der Waals surface area contributed by atoms with Crippen molar-refractivity contribution in [2.75, 3.05) is 13.2 Å². The number of hydrogen-bond acceptors (Lipinski definition) is 6. The van der Waals surface area contributed by atoms with Crippen LogP contribution in [0.25, 0.3) is 0 Å². The minimum absolute atomic E-state index is 0.124. The van der Waals surface area contributed by atoms with Crippen molar-refractivity contribution in [1.82, 2.24) is 0 Å². The minimum atomic E-state index is -0.826. The Balaban J connectivity index is 4.54. The molecule has 0 aromatic rings. The summed E-state index contributed by atoms with van der Waals surface area (Å²) in [6, 6.07) is 0. The maximum Gasteiger partial charge on any atom is 0.306 e. The second-order valence-electron chi connectivity index (χ2n) is 18.3. The number of rotatable bonds is 49. The number of unbranched alkanes of at least 4 members (excludes halogenated alkanes) is 24. The van der Waals surface area contributed by atoms with E-state index in [1.807, 2.05) is 79.0 Å². The smallest absolute Gasteiger partial charge is 0.306 e. The molecule has 69 heavy (non-hydrogen) atoms. The number of carbonyl (C=O) groups excluding carboxylic acids is 3. The van der Waals surface area contributed by atoms with Gasteiger partial charge in [-0.1, -0.05) is 258 Å². The maximum absolute atomic E-state index is 12.8. The van der Waals surface area contributed by atoms with Crippen molar-refractivity contribution in [3.63, 3.8) is 0 Å². The molecule has 0 aromatic heterocycles. The van der Waals surface area contributed by atoms with Gasteiger partial charge in [0.1, 0.15) is 13.2 Å². The van der Waals surface area contributed by atoms with Gasteiger partial charge < -0.3 is 14.2 Å². The lowest BCUT2D eigenvalue weighted by atomic mass is 10.1. The van der Waals surface area contributed by atoms with E-state index in [1.54, 1.807) is 0 Å². The van der Waals surface area contributed by atoms with Crippen molar-refractivity contribution in [2.24, 2.45) is 0 Å². The highest BCUT2D eigenvalue weighted by atomic mass is 16.6. The van der Waals surface area contributed by atoms with E-state index in [-0.39, 0.29) is 37.5 Å². The minimum Gasteiger partial charge on any atom is -0.462 e. The van der Waals surface area contributed by atoms with Crippen LogP contribution in [0.4, 0.5) is 0 Å². The molecule has 1 unspecified atom stereocenters. The van der Waals surface area contributed by atoms with Crippen LogP contribution >= 0.6 is 0 Å². The summed E-state index contributed by atoms with van der Waals surface area (Å²) in [4.78, 5) is 38.1. The van der Waals surface area contributed by atoms with E-state index in [0.717, 1.165) is 64.2 Å². The van der Waals surface area contributed by atoms with Crippen molar-refractivity contribution in [3.05, 3.63) is 122 Å². The molecule has 6 nitrogen and oxygen atoms in total. The zero-order chi connectivity index (χ0) is 50.0. The molecule has 0 radical (unpaired) electrons. The second-order valence-corrected chi connectivity index (χ2v) is 18.3. The SMILES string of the molecule is CC\C=C/C=C\C=C/C=C\C=C\C=C/C=C\CCCCCC(=O)OCC(COC(=O)CC/C=C\C/C=C\CCCCCCCC)OC(=O)CCCCCCCCC/C=C\CCCCCCCCCC. The van der Waals surface area contributed by atoms with Gasteiger partial charge in [0.05, 0.1) is 0 Å². The average Bonchev–Trinajstić information content (AvgIpc) is 3.35. The fourth-order valence-corrected chi connectivity index (χ4v) is 7.41. The van der Waals surface area contributed by atoms with Crippen LogP contribution in [0.1, 0.15) is 239 Å². The number of carbonyl (C=O) groups is 3. The molecule has 0 amide bonds. The fourth-order valence-electron chi connectivity index (χ4n) is 7.41. The van der Waals surface area contributed by atoms with E-state index in [9.17, 15) is 14.4 Å². The number of allylic oxidation sites excluding steroid dienone is 20. The molecule has 0 spiro atoms. The van der Waals surface area contributed by atoms with Crippen molar-refractivity contribution < 1.29 is 28.6 Å². The second kappa shape index (κ2) is 56.4. The largest absolute Gasteiger partial charge is 0.462 e. The Morgan fingerprint density at radius 2 is 0.652 bits per heavy atom. The highest BCUT2D eigenvalue weighted by Gasteiger charge is 2.19. The van der Waals surface area contributed by atoms with Crippen LogP contribution < -0.4 is 0 Å². The standard InChI is InChI=1S/C63H102O6/c1-4-7-10-13-16-19-22-25-27-29-31-33-35-38-41-44-47-50-53-56-62(65)68-59-60(58-67-61(64)55-52-49-46-43-40-37-24-21-18-15-12-9-6-3)69-63(66)57-54-51-48-45-42-39-36-34-32-30-28-26-23-20-17-14-11-8-5-2/h7,10,13,16,19,22,25,27,29-33,35,37-38,40-41,46,49,60H,4-6,8-9,11-12,14-15,17-18,20-21,23-24,26,28,34,36,39,42-45,47-48,50-59H2,1-3H3/b10-7-,16-13-,22-19-,27-25-,31-29+,32-30-,35-33-,40-37-,41-38-,49-46-. The lowest BCUT2D eigenvalue weighted by Crippen LogP contribution is -2.30. The van der Waals surface area contributed by atoms with Crippen molar-refractivity contribution in [1.29, 1.82) is 0 Å². The highest BCUT2D eigenvalue weighted by molar-refractivity contribution is 5.71. The first-order valence-electron chi connectivity index (χ1n) is 28.1. The Bertz CT molecular complexity index is 1470. The van der Waals surface area contributed by atoms with E-state index < -0.39 is 6.10 Å². The summed E-state index contributed by atoms with van der Waals surface area (Å²) in [5.41, 5.74) is 0. The molecule has 0 aliphatic rings. The van der Waals surface area contributed by atoms with Gasteiger partial charge in [0.2, 0.25) is 0 Å². The molecule has 390 valence electrons. The molecule has 0 aliphatic heterocycles. The van der Waals surface area contributed by atoms with E-state index in [4.69, 9.17) is 14.2 Å². The number of hydrogen-bond donors (Lipinski definition) is 0. The van der Waals surface area contributed by atoms with Gasteiger partial charge in [-0.25, -0.2) is 0 Å². The molecular formula is C63H102O6. The topological polar surface area (TPSA) is 78.9 Å². The quantitative estimate of drug-likeness (QED) is 0.0199. The molecule has 0 N–H and O–H groups in total. The Morgan fingerprint density at radius 1 is 0.319 bits per heavy atom. The first-order chi connectivity index (χ1) is 34.0. The van der Waals surface area contributed by atoms with Crippen LogP contribution in [0.15, 0.2) is 122 Å². The molecule has 0 aliphatic carbocycles. The molecule has 0 bridgehead atoms. The zero-order valence-corrected chi connectivity index (χ0v) is 44.5. The third-order valence-electron chi connectivity index (χ3n) is 11.6. The van der Waals surface area contributed by atoms with Crippen LogP contribution in [0.2, 0.25) is 0 Å². The molecule has 1 atom stereocenters. The lowest BCUT2D eigenvalue weighted by Gasteiger charge is -2.18. The van der Waals surface area contributed by atoms with Crippen LogP contribution in [0, 0.1) is 0 Å². The summed E-state index contributed by atoms with van der Waals surface area (Å²) < 4.78 is 16.7. The summed E-state index contributed by atoms with van der Waals surface area (Å²) in [6.07, 6.45) is 77.7. The summed E-state index contributed by atoms with van der Waals surface area (Å²) >= 11 is 0. The van der Waals surface area contributed by atoms with E-state index in [1.165, 1.54) is 128 Å². The average molecular weight is 956 g/mol. The molecule has 0 saturated carbocycles. The van der Waals surface area contributed by atoms with E-state index >= 15 is 0 Å². The van der Waals surface area contributed by atoms with Gasteiger partial charge in [0.25, 0.3) is 0 Å². The summed E-state index contributed by atoms with van der Waals surface area (Å²) in [6.45, 7) is 6.39. The monoisotopic (exact) mass is 955 g/mol. The van der Waals surface area contributed by atoms with Crippen LogP contribution in [-0.4, -0.2) is 37.2 Å². The third-order valence-corrected chi connectivity index (χ3v) is 11.6. The predicted molar refractivity (Wildman–Crippen MR) is 297 cm³/mol. The summed E-state index contributed by atoms with van der Waals surface area (Å²) in [5, 5.41) is 0. The van der Waals surface area contributed by atoms with Gasteiger partial charge in [-0.2, -0.15) is 0 Å². The summed E-state index contributed by atoms with van der Waals surface area (Å²) in [5.74, 6) is -1.04. The maximum atomic E-state index is 12.8. The highest BCUT2D eigenvalue weighted by Crippen LogP contribution is 2.14. The predicted octanol–water partition coefficient (Wildman–Crippen LogP) is 18.9.